The summed E-state index contributed by atoms with van der Waals surface area (Å²) in [6, 6.07) is 0. The highest BCUT2D eigenvalue weighted by Crippen LogP contribution is 2.06. The molecule has 0 bridgehead atoms. The highest BCUT2D eigenvalue weighted by atomic mass is 16.5. The third-order valence-corrected chi connectivity index (χ3v) is 3.75. The third kappa shape index (κ3) is 22.8. The van der Waals surface area contributed by atoms with Gasteiger partial charge in [0, 0.05) is 39.6 Å². The van der Waals surface area contributed by atoms with E-state index in [1.807, 2.05) is 4.90 Å². The van der Waals surface area contributed by atoms with E-state index in [0.717, 1.165) is 32.5 Å². The van der Waals surface area contributed by atoms with Gasteiger partial charge in [0.25, 0.3) is 0 Å². The number of aliphatic hydroxyl groups excluding tert-OH is 1. The summed E-state index contributed by atoms with van der Waals surface area (Å²) in [4.78, 5) is 23.7. The number of hydrogen-bond acceptors (Lipinski definition) is 4. The maximum atomic E-state index is 11.5. The zero-order valence-corrected chi connectivity index (χ0v) is 18.7. The standard InChI is InChI=1S/C9H17NO2.C7H15NO.C5H12O/c1-8(2)7-9(11)10-3-5-12-6-4-10;1-6(2)4-5-8-7(3)9;1-5(2)3-4-6/h8H,3-7H2,1-2H3;6H,4-5H2,1-3H3,(H,8,9);5-6H,3-4H2,1-2H3. The number of carbonyl (C=O) groups excluding carboxylic acids is 2. The van der Waals surface area contributed by atoms with E-state index >= 15 is 0 Å². The minimum absolute atomic E-state index is 0.0654. The summed E-state index contributed by atoms with van der Waals surface area (Å²) in [5.74, 6) is 2.12. The van der Waals surface area contributed by atoms with Gasteiger partial charge in [0.15, 0.2) is 0 Å². The number of carbonyl (C=O) groups is 2. The molecule has 1 fully saturated rings. The fourth-order valence-electron chi connectivity index (χ4n) is 2.09. The molecule has 1 heterocycles. The molecule has 6 heteroatoms. The van der Waals surface area contributed by atoms with Crippen LogP contribution in [0.25, 0.3) is 0 Å². The van der Waals surface area contributed by atoms with E-state index in [-0.39, 0.29) is 11.8 Å². The van der Waals surface area contributed by atoms with Crippen molar-refractivity contribution in [2.45, 2.75) is 67.7 Å². The topological polar surface area (TPSA) is 78.9 Å². The van der Waals surface area contributed by atoms with E-state index in [2.05, 4.69) is 46.9 Å². The first-order chi connectivity index (χ1) is 12.6. The fourth-order valence-corrected chi connectivity index (χ4v) is 2.09. The summed E-state index contributed by atoms with van der Waals surface area (Å²) >= 11 is 0. The van der Waals surface area contributed by atoms with Crippen molar-refractivity contribution >= 4 is 11.8 Å². The van der Waals surface area contributed by atoms with Gasteiger partial charge in [-0.05, 0) is 30.6 Å². The van der Waals surface area contributed by atoms with Gasteiger partial charge in [0.05, 0.1) is 13.2 Å². The monoisotopic (exact) mass is 388 g/mol. The van der Waals surface area contributed by atoms with E-state index in [4.69, 9.17) is 9.84 Å². The summed E-state index contributed by atoms with van der Waals surface area (Å²) in [6.07, 6.45) is 2.67. The Morgan fingerprint density at radius 3 is 1.81 bits per heavy atom. The van der Waals surface area contributed by atoms with E-state index in [1.165, 1.54) is 0 Å². The molecule has 0 spiro atoms. The van der Waals surface area contributed by atoms with Crippen LogP contribution in [0.15, 0.2) is 0 Å². The molecule has 0 aromatic rings. The van der Waals surface area contributed by atoms with Crippen LogP contribution in [0.2, 0.25) is 0 Å². The predicted molar refractivity (Wildman–Crippen MR) is 112 cm³/mol. The van der Waals surface area contributed by atoms with Gasteiger partial charge in [-0.2, -0.15) is 0 Å². The lowest BCUT2D eigenvalue weighted by Crippen LogP contribution is -2.41. The second-order valence-corrected chi connectivity index (χ2v) is 8.16. The van der Waals surface area contributed by atoms with Crippen LogP contribution in [-0.4, -0.2) is 61.3 Å². The first-order valence-corrected chi connectivity index (χ1v) is 10.3. The van der Waals surface area contributed by atoms with Crippen molar-refractivity contribution in [3.63, 3.8) is 0 Å². The first kappa shape index (κ1) is 28.1. The number of amides is 2. The molecule has 1 aliphatic heterocycles. The van der Waals surface area contributed by atoms with Gasteiger partial charge in [-0.25, -0.2) is 0 Å². The summed E-state index contributed by atoms with van der Waals surface area (Å²) in [5, 5.41) is 11.0. The Hall–Kier alpha value is -1.14. The van der Waals surface area contributed by atoms with Crippen LogP contribution >= 0.6 is 0 Å². The Balaban J connectivity index is 0. The van der Waals surface area contributed by atoms with Crippen molar-refractivity contribution in [3.05, 3.63) is 0 Å². The van der Waals surface area contributed by atoms with Crippen LogP contribution in [0, 0.1) is 17.8 Å². The van der Waals surface area contributed by atoms with E-state index in [9.17, 15) is 9.59 Å². The Bertz CT molecular complexity index is 365. The molecule has 2 N–H and O–H groups in total. The van der Waals surface area contributed by atoms with Crippen LogP contribution in [0.4, 0.5) is 0 Å². The zero-order valence-electron chi connectivity index (χ0n) is 18.7. The highest BCUT2D eigenvalue weighted by molar-refractivity contribution is 5.76. The molecule has 2 amide bonds. The van der Waals surface area contributed by atoms with Crippen LogP contribution in [-0.2, 0) is 14.3 Å². The molecule has 0 atom stereocenters. The molecule has 1 saturated heterocycles. The molecule has 0 saturated carbocycles. The molecule has 0 radical (unpaired) electrons. The summed E-state index contributed by atoms with van der Waals surface area (Å²) in [7, 11) is 0. The average molecular weight is 389 g/mol. The molecular weight excluding hydrogens is 344 g/mol. The SMILES string of the molecule is CC(=O)NCCC(C)C.CC(C)CC(=O)N1CCOCC1.CC(C)CCO. The molecule has 1 rings (SSSR count). The zero-order chi connectivity index (χ0) is 21.2. The number of aliphatic hydroxyl groups is 1. The minimum atomic E-state index is 0.0654. The van der Waals surface area contributed by atoms with Gasteiger partial charge in [-0.3, -0.25) is 9.59 Å². The van der Waals surface area contributed by atoms with Crippen LogP contribution < -0.4 is 5.32 Å². The summed E-state index contributed by atoms with van der Waals surface area (Å²) in [6.45, 7) is 18.2. The molecule has 1 aliphatic rings. The predicted octanol–water partition coefficient (Wildman–Crippen LogP) is 3.08. The van der Waals surface area contributed by atoms with Crippen LogP contribution in [0.5, 0.6) is 0 Å². The highest BCUT2D eigenvalue weighted by Gasteiger charge is 2.16. The Kier molecular flexibility index (Phi) is 19.0. The molecule has 6 nitrogen and oxygen atoms in total. The van der Waals surface area contributed by atoms with Gasteiger partial charge in [0.2, 0.25) is 11.8 Å². The molecule has 0 unspecified atom stereocenters. The van der Waals surface area contributed by atoms with Crippen LogP contribution in [0.3, 0.4) is 0 Å². The molecule has 0 aromatic carbocycles. The number of morpholine rings is 1. The number of hydrogen-bond donors (Lipinski definition) is 2. The summed E-state index contributed by atoms with van der Waals surface area (Å²) < 4.78 is 5.16. The van der Waals surface area contributed by atoms with Crippen molar-refractivity contribution < 1.29 is 19.4 Å². The quantitative estimate of drug-likeness (QED) is 0.702. The molecule has 0 aromatic heterocycles. The van der Waals surface area contributed by atoms with Crippen molar-refractivity contribution in [3.8, 4) is 0 Å². The third-order valence-electron chi connectivity index (χ3n) is 3.75. The van der Waals surface area contributed by atoms with Gasteiger partial charge in [-0.15, -0.1) is 0 Å². The first-order valence-electron chi connectivity index (χ1n) is 10.3. The molecule has 0 aliphatic carbocycles. The van der Waals surface area contributed by atoms with E-state index in [1.54, 1.807) is 6.92 Å². The van der Waals surface area contributed by atoms with Gasteiger partial charge in [0.1, 0.15) is 0 Å². The maximum Gasteiger partial charge on any atom is 0.222 e. The van der Waals surface area contributed by atoms with Crippen LogP contribution in [0.1, 0.15) is 67.7 Å². The van der Waals surface area contributed by atoms with Crippen molar-refractivity contribution in [2.75, 3.05) is 39.5 Å². The lowest BCUT2D eigenvalue weighted by Gasteiger charge is -2.27. The van der Waals surface area contributed by atoms with Gasteiger partial charge < -0.3 is 20.1 Å². The second kappa shape index (κ2) is 18.2. The van der Waals surface area contributed by atoms with E-state index in [0.29, 0.717) is 44.0 Å². The smallest absolute Gasteiger partial charge is 0.222 e. The number of nitrogens with one attached hydrogen (secondary N) is 1. The number of ether oxygens (including phenoxy) is 1. The second-order valence-electron chi connectivity index (χ2n) is 8.16. The Morgan fingerprint density at radius 2 is 1.48 bits per heavy atom. The van der Waals surface area contributed by atoms with Crippen molar-refractivity contribution in [1.82, 2.24) is 10.2 Å². The Morgan fingerprint density at radius 1 is 0.963 bits per heavy atom. The largest absolute Gasteiger partial charge is 0.396 e. The van der Waals surface area contributed by atoms with E-state index < -0.39 is 0 Å². The maximum absolute atomic E-state index is 11.5. The molecule has 162 valence electrons. The number of nitrogens with zero attached hydrogens (tertiary/aromatic N) is 1. The lowest BCUT2D eigenvalue weighted by atomic mass is 10.1. The van der Waals surface area contributed by atoms with Gasteiger partial charge in [-0.1, -0.05) is 41.5 Å². The number of rotatable bonds is 7. The lowest BCUT2D eigenvalue weighted by molar-refractivity contribution is -0.136. The van der Waals surface area contributed by atoms with Gasteiger partial charge >= 0.3 is 0 Å². The van der Waals surface area contributed by atoms with Crippen molar-refractivity contribution in [1.29, 1.82) is 0 Å². The average Bonchev–Trinajstić information content (AvgIpc) is 2.55. The summed E-state index contributed by atoms with van der Waals surface area (Å²) in [5.41, 5.74) is 0. The normalized spacial score (nSPS) is 13.7. The fraction of sp³-hybridized carbons (Fsp3) is 0.905. The van der Waals surface area contributed by atoms with Crippen molar-refractivity contribution in [2.24, 2.45) is 17.8 Å². The minimum Gasteiger partial charge on any atom is -0.396 e. The Labute approximate surface area is 167 Å². The molecule has 27 heavy (non-hydrogen) atoms. The molecular formula is C21H44N2O4.